The molecule has 0 fully saturated rings. The van der Waals surface area contributed by atoms with Crippen molar-refractivity contribution in [3.63, 3.8) is 0 Å². The molecular weight excluding hydrogens is 444 g/mol. The monoisotopic (exact) mass is 500 g/mol. The first-order valence-corrected chi connectivity index (χ1v) is 15.7. The largest absolute Gasteiger partial charge is 0.763 e. The van der Waals surface area contributed by atoms with Gasteiger partial charge in [0.25, 0.3) is 0 Å². The minimum Gasteiger partial charge on any atom is -0.763 e. The highest BCUT2D eigenvalue weighted by Crippen LogP contribution is 2.13. The van der Waals surface area contributed by atoms with Gasteiger partial charge in [0.2, 0.25) is 0 Å². The third-order valence-electron chi connectivity index (χ3n) is 5.69. The molecule has 0 amide bonds. The van der Waals surface area contributed by atoms with Gasteiger partial charge in [-0.2, -0.15) is 0 Å². The zero-order chi connectivity index (χ0) is 25.5. The van der Waals surface area contributed by atoms with E-state index in [1.165, 1.54) is 113 Å². The Labute approximate surface area is 205 Å². The van der Waals surface area contributed by atoms with Crippen molar-refractivity contribution in [1.29, 1.82) is 0 Å². The van der Waals surface area contributed by atoms with Crippen molar-refractivity contribution in [1.82, 2.24) is 0 Å². The molecule has 0 N–H and O–H groups in total. The van der Waals surface area contributed by atoms with Crippen molar-refractivity contribution in [3.05, 3.63) is 0 Å². The molecule has 2 unspecified atom stereocenters. The lowest BCUT2D eigenvalue weighted by Crippen LogP contribution is -2.50. The van der Waals surface area contributed by atoms with Crippen LogP contribution in [0.3, 0.4) is 0 Å². The summed E-state index contributed by atoms with van der Waals surface area (Å²) in [5.41, 5.74) is 0. The predicted molar refractivity (Wildman–Crippen MR) is 140 cm³/mol. The molecule has 0 aromatic heterocycles. The average Bonchev–Trinajstić information content (AvgIpc) is 2.70. The van der Waals surface area contributed by atoms with Gasteiger partial charge in [-0.05, 0) is 51.4 Å². The molecule has 0 aromatic carbocycles. The van der Waals surface area contributed by atoms with Gasteiger partial charge in [-0.1, -0.05) is 55.4 Å². The first-order valence-electron chi connectivity index (χ1n) is 13.0. The molecule has 0 rings (SSSR count). The number of quaternary nitrogens is 2. The number of hydrogen-bond donors (Lipinski definition) is 0. The van der Waals surface area contributed by atoms with Crippen LogP contribution in [0.2, 0.25) is 0 Å². The zero-order valence-electron chi connectivity index (χ0n) is 22.7. The highest BCUT2D eigenvalue weighted by molar-refractivity contribution is 8.56. The second-order valence-corrected chi connectivity index (χ2v) is 11.3. The maximum absolute atomic E-state index is 9.09. The Hall–Kier alpha value is 0.140. The standard InChI is InChI=1S/2C12H28N.H2O4S2/c2*1-5-9-13(10-6-2,11-7-3)12-8-4;1-5(2)6(3)4/h2*5-12H2,1-4H3;(H,1,2)(H,3,4)/q2*+1;/p-2. The fourth-order valence-electron chi connectivity index (χ4n) is 5.14. The van der Waals surface area contributed by atoms with Gasteiger partial charge < -0.3 is 18.1 Å². The van der Waals surface area contributed by atoms with E-state index in [1.807, 2.05) is 0 Å². The lowest BCUT2D eigenvalue weighted by Gasteiger charge is -2.38. The molecule has 0 saturated heterocycles. The van der Waals surface area contributed by atoms with Gasteiger partial charge in [0.05, 0.1) is 52.4 Å². The van der Waals surface area contributed by atoms with E-state index in [1.54, 1.807) is 0 Å². The molecule has 198 valence electrons. The van der Waals surface area contributed by atoms with Crippen LogP contribution in [0.4, 0.5) is 0 Å². The average molecular weight is 501 g/mol. The lowest BCUT2D eigenvalue weighted by molar-refractivity contribution is -0.928. The van der Waals surface area contributed by atoms with Crippen LogP contribution in [0.5, 0.6) is 0 Å². The second kappa shape index (κ2) is 24.3. The van der Waals surface area contributed by atoms with Crippen molar-refractivity contribution in [3.8, 4) is 0 Å². The summed E-state index contributed by atoms with van der Waals surface area (Å²) in [5, 5.41) is 0. The fourth-order valence-corrected chi connectivity index (χ4v) is 5.14. The molecule has 2 atom stereocenters. The Kier molecular flexibility index (Phi) is 27.8. The summed E-state index contributed by atoms with van der Waals surface area (Å²) in [4.78, 5) is 0. The van der Waals surface area contributed by atoms with Crippen LogP contribution in [0.1, 0.15) is 107 Å². The molecule has 0 spiro atoms. The van der Waals surface area contributed by atoms with Crippen LogP contribution in [-0.2, 0) is 20.2 Å². The zero-order valence-corrected chi connectivity index (χ0v) is 24.3. The molecule has 32 heavy (non-hydrogen) atoms. The van der Waals surface area contributed by atoms with E-state index >= 15 is 0 Å². The first-order chi connectivity index (χ1) is 15.1. The van der Waals surface area contributed by atoms with Crippen molar-refractivity contribution in [2.45, 2.75) is 107 Å². The summed E-state index contributed by atoms with van der Waals surface area (Å²) in [6.45, 7) is 29.6. The van der Waals surface area contributed by atoms with Crippen LogP contribution in [0, 0.1) is 0 Å². The van der Waals surface area contributed by atoms with Gasteiger partial charge in [-0.3, -0.25) is 8.42 Å². The van der Waals surface area contributed by atoms with E-state index in [0.717, 1.165) is 0 Å². The van der Waals surface area contributed by atoms with E-state index in [4.69, 9.17) is 17.5 Å². The summed E-state index contributed by atoms with van der Waals surface area (Å²) < 4.78 is 39.1. The Morgan fingerprint density at radius 3 is 0.594 bits per heavy atom. The predicted octanol–water partition coefficient (Wildman–Crippen LogP) is 5.55. The van der Waals surface area contributed by atoms with Crippen LogP contribution < -0.4 is 0 Å². The molecule has 0 aliphatic heterocycles. The summed E-state index contributed by atoms with van der Waals surface area (Å²) in [6.07, 6.45) is 10.7. The maximum atomic E-state index is 9.09. The first kappa shape index (κ1) is 36.7. The minimum absolute atomic E-state index is 1.33. The van der Waals surface area contributed by atoms with Crippen LogP contribution in [0.15, 0.2) is 0 Å². The van der Waals surface area contributed by atoms with Gasteiger partial charge in [0.1, 0.15) is 0 Å². The topological polar surface area (TPSA) is 80.3 Å². The van der Waals surface area contributed by atoms with E-state index in [0.29, 0.717) is 0 Å². The number of nitrogens with zero attached hydrogens (tertiary/aromatic N) is 2. The Balaban J connectivity index is -0.000000422. The molecule has 0 bridgehead atoms. The molecule has 0 aliphatic carbocycles. The maximum Gasteiger partial charge on any atom is 0.0783 e. The van der Waals surface area contributed by atoms with Crippen molar-refractivity contribution in [2.24, 2.45) is 0 Å². The summed E-state index contributed by atoms with van der Waals surface area (Å²) in [6, 6.07) is 0. The van der Waals surface area contributed by atoms with E-state index in [9.17, 15) is 0 Å². The van der Waals surface area contributed by atoms with Crippen molar-refractivity contribution < 1.29 is 26.5 Å². The Morgan fingerprint density at radius 2 is 0.531 bits per heavy atom. The number of rotatable bonds is 17. The third-order valence-corrected chi connectivity index (χ3v) is 6.58. The Bertz CT molecular complexity index is 353. The minimum atomic E-state index is -2.95. The molecule has 8 heteroatoms. The van der Waals surface area contributed by atoms with E-state index < -0.39 is 20.2 Å². The molecule has 6 nitrogen and oxygen atoms in total. The molecule has 0 radical (unpaired) electrons. The number of hydrogen-bond acceptors (Lipinski definition) is 4. The van der Waals surface area contributed by atoms with Gasteiger partial charge >= 0.3 is 0 Å². The normalized spacial score (nSPS) is 13.4. The van der Waals surface area contributed by atoms with Gasteiger partial charge in [-0.15, -0.1) is 0 Å². The SMILES string of the molecule is CCC[N+](CCC)(CCC)CCC.CCC[N+](CCC)(CCC)CCC.O=S([O-])S(=O)[O-]. The van der Waals surface area contributed by atoms with Crippen molar-refractivity contribution >= 4 is 20.2 Å². The van der Waals surface area contributed by atoms with Crippen LogP contribution in [-0.4, -0.2) is 78.8 Å². The third kappa shape index (κ3) is 19.6. The molecule has 0 aliphatic rings. The quantitative estimate of drug-likeness (QED) is 0.149. The summed E-state index contributed by atoms with van der Waals surface area (Å²) in [7, 11) is -5.90. The van der Waals surface area contributed by atoms with Crippen LogP contribution >= 0.6 is 0 Å². The molecule has 0 aromatic rings. The van der Waals surface area contributed by atoms with Gasteiger partial charge in [0, 0.05) is 20.2 Å². The molecule has 0 heterocycles. The van der Waals surface area contributed by atoms with E-state index in [2.05, 4.69) is 55.4 Å². The highest BCUT2D eigenvalue weighted by Gasteiger charge is 2.23. The second-order valence-electron chi connectivity index (χ2n) is 8.88. The summed E-state index contributed by atoms with van der Waals surface area (Å²) >= 11 is 0. The lowest BCUT2D eigenvalue weighted by atomic mass is 10.2. The van der Waals surface area contributed by atoms with Crippen LogP contribution in [0.25, 0.3) is 0 Å². The Morgan fingerprint density at radius 1 is 0.406 bits per heavy atom. The smallest absolute Gasteiger partial charge is 0.0783 e. The van der Waals surface area contributed by atoms with Gasteiger partial charge in [0.15, 0.2) is 0 Å². The molecule has 0 saturated carbocycles. The highest BCUT2D eigenvalue weighted by atomic mass is 33.2. The molecular formula is C24H56N2O4S2. The van der Waals surface area contributed by atoms with Crippen molar-refractivity contribution in [2.75, 3.05) is 52.4 Å². The fraction of sp³-hybridized carbons (Fsp3) is 1.00. The summed E-state index contributed by atoms with van der Waals surface area (Å²) in [5.74, 6) is 0. The van der Waals surface area contributed by atoms with Gasteiger partial charge in [-0.25, -0.2) is 0 Å². The van der Waals surface area contributed by atoms with E-state index in [-0.39, 0.29) is 0 Å².